The molecule has 0 saturated carbocycles. The molecule has 65 heavy (non-hydrogen) atoms. The number of aromatic nitrogens is 2. The Bertz CT molecular complexity index is 3740. The second-order valence-corrected chi connectivity index (χ2v) is 16.7. The van der Waals surface area contributed by atoms with E-state index in [1.54, 1.807) is 0 Å². The molecule has 0 N–H and O–H groups in total. The van der Waals surface area contributed by atoms with E-state index in [0.717, 1.165) is 88.4 Å². The van der Waals surface area contributed by atoms with Gasteiger partial charge in [-0.2, -0.15) is 0 Å². The van der Waals surface area contributed by atoms with E-state index in [9.17, 15) is 0 Å². The Kier molecular flexibility index (Phi) is 9.31. The number of para-hydroxylation sites is 2. The van der Waals surface area contributed by atoms with Crippen LogP contribution >= 0.6 is 0 Å². The summed E-state index contributed by atoms with van der Waals surface area (Å²) in [6, 6.07) is 79.3. The van der Waals surface area contributed by atoms with Gasteiger partial charge in [-0.05, 0) is 92.5 Å². The summed E-state index contributed by atoms with van der Waals surface area (Å²) >= 11 is 0. The second-order valence-electron chi connectivity index (χ2n) is 16.7. The fourth-order valence-electron chi connectivity index (χ4n) is 9.94. The van der Waals surface area contributed by atoms with Crippen molar-refractivity contribution in [2.45, 2.75) is 0 Å². The average molecular weight is 818 g/mol. The largest absolute Gasteiger partial charge is 0.310 e. The summed E-state index contributed by atoms with van der Waals surface area (Å²) in [5, 5.41) is 4.11. The van der Waals surface area contributed by atoms with E-state index in [0.29, 0.717) is 16.4 Å². The molecule has 2 nitrogen and oxygen atoms in total. The Hall–Kier alpha value is -8.01. The molecular formula is C60H37B3N2. The Labute approximate surface area is 382 Å². The van der Waals surface area contributed by atoms with Crippen LogP contribution < -0.4 is 16.4 Å². The SMILES string of the molecule is [B]c1c(-c2ccc3c(c2)c2cccc(-c4ccc(-c5ccccc5)cc4)c2n3-c2ccc(-c3ccccc3)cc2)c([B])c2c3ccccc3n(-c3ccc(-c4ccccc4)cc3)c2c1[B]. The van der Waals surface area contributed by atoms with Gasteiger partial charge in [0, 0.05) is 44.0 Å². The van der Waals surface area contributed by atoms with Gasteiger partial charge in [-0.1, -0.05) is 198 Å². The van der Waals surface area contributed by atoms with Crippen LogP contribution in [0.3, 0.4) is 0 Å². The van der Waals surface area contributed by atoms with Crippen molar-refractivity contribution >= 4 is 83.5 Å². The molecule has 12 rings (SSSR count). The zero-order valence-corrected chi connectivity index (χ0v) is 35.5. The van der Waals surface area contributed by atoms with Crippen molar-refractivity contribution in [2.24, 2.45) is 0 Å². The molecule has 12 aromatic rings. The predicted molar refractivity (Wildman–Crippen MR) is 278 cm³/mol. The maximum absolute atomic E-state index is 7.39. The lowest BCUT2D eigenvalue weighted by Crippen LogP contribution is -2.35. The van der Waals surface area contributed by atoms with Crippen LogP contribution in [0.15, 0.2) is 224 Å². The third-order valence-corrected chi connectivity index (χ3v) is 13.1. The van der Waals surface area contributed by atoms with Gasteiger partial charge in [0.15, 0.2) is 0 Å². The predicted octanol–water partition coefficient (Wildman–Crippen LogP) is 12.6. The zero-order chi connectivity index (χ0) is 43.6. The summed E-state index contributed by atoms with van der Waals surface area (Å²) in [6.07, 6.45) is 0. The number of nitrogens with zero attached hydrogens (tertiary/aromatic N) is 2. The average Bonchev–Trinajstić information content (AvgIpc) is 3.90. The van der Waals surface area contributed by atoms with Gasteiger partial charge < -0.3 is 9.13 Å². The van der Waals surface area contributed by atoms with E-state index in [1.165, 1.54) is 22.3 Å². The maximum atomic E-state index is 7.39. The van der Waals surface area contributed by atoms with Gasteiger partial charge in [-0.3, -0.25) is 0 Å². The fraction of sp³-hybridized carbons (Fsp3) is 0. The van der Waals surface area contributed by atoms with Gasteiger partial charge in [0.05, 0.1) is 16.6 Å². The molecule has 2 heterocycles. The minimum atomic E-state index is 0.457. The molecule has 296 valence electrons. The summed E-state index contributed by atoms with van der Waals surface area (Å²) < 4.78 is 4.59. The molecule has 0 aliphatic rings. The topological polar surface area (TPSA) is 9.86 Å². The molecular weight excluding hydrogens is 781 g/mol. The summed E-state index contributed by atoms with van der Waals surface area (Å²) in [4.78, 5) is 0. The number of fused-ring (bicyclic) bond motifs is 6. The van der Waals surface area contributed by atoms with Crippen molar-refractivity contribution in [3.8, 4) is 67.0 Å². The van der Waals surface area contributed by atoms with E-state index in [1.807, 2.05) is 6.07 Å². The van der Waals surface area contributed by atoms with Crippen LogP contribution in [0.4, 0.5) is 0 Å². The third-order valence-electron chi connectivity index (χ3n) is 13.1. The lowest BCUT2D eigenvalue weighted by atomic mass is 9.69. The molecule has 0 aliphatic carbocycles. The third kappa shape index (κ3) is 6.38. The quantitative estimate of drug-likeness (QED) is 0.142. The van der Waals surface area contributed by atoms with Gasteiger partial charge >= 0.3 is 0 Å². The van der Waals surface area contributed by atoms with Crippen LogP contribution in [-0.4, -0.2) is 32.7 Å². The first kappa shape index (κ1) is 38.7. The van der Waals surface area contributed by atoms with E-state index in [2.05, 4.69) is 228 Å². The van der Waals surface area contributed by atoms with Crippen molar-refractivity contribution in [3.05, 3.63) is 224 Å². The molecule has 5 heteroatoms. The van der Waals surface area contributed by atoms with Gasteiger partial charge in [-0.25, -0.2) is 0 Å². The Morgan fingerprint density at radius 1 is 0.277 bits per heavy atom. The van der Waals surface area contributed by atoms with Crippen molar-refractivity contribution in [1.29, 1.82) is 0 Å². The molecule has 0 bridgehead atoms. The Balaban J connectivity index is 1.05. The zero-order valence-electron chi connectivity index (χ0n) is 35.5. The van der Waals surface area contributed by atoms with Gasteiger partial charge in [-0.15, -0.1) is 0 Å². The first-order valence-corrected chi connectivity index (χ1v) is 22.0. The van der Waals surface area contributed by atoms with Gasteiger partial charge in [0.2, 0.25) is 0 Å². The highest BCUT2D eigenvalue weighted by molar-refractivity contribution is 6.60. The number of hydrogen-bond acceptors (Lipinski definition) is 0. The van der Waals surface area contributed by atoms with E-state index < -0.39 is 0 Å². The lowest BCUT2D eigenvalue weighted by Gasteiger charge is -2.19. The first-order valence-electron chi connectivity index (χ1n) is 22.0. The highest BCUT2D eigenvalue weighted by Crippen LogP contribution is 2.41. The first-order chi connectivity index (χ1) is 32.0. The highest BCUT2D eigenvalue weighted by Gasteiger charge is 2.23. The number of hydrogen-bond donors (Lipinski definition) is 0. The lowest BCUT2D eigenvalue weighted by molar-refractivity contribution is 1.18. The molecule has 0 spiro atoms. The monoisotopic (exact) mass is 818 g/mol. The molecule has 0 atom stereocenters. The van der Waals surface area contributed by atoms with Crippen LogP contribution in [0.2, 0.25) is 0 Å². The Morgan fingerprint density at radius 2 is 0.708 bits per heavy atom. The Morgan fingerprint density at radius 3 is 1.28 bits per heavy atom. The van der Waals surface area contributed by atoms with Crippen molar-refractivity contribution < 1.29 is 0 Å². The number of rotatable bonds is 7. The summed E-state index contributed by atoms with van der Waals surface area (Å²) in [5.41, 5.74) is 18.5. The highest BCUT2D eigenvalue weighted by atomic mass is 15.0. The summed E-state index contributed by atoms with van der Waals surface area (Å²) in [7, 11) is 21.8. The smallest absolute Gasteiger partial charge is 0.115 e. The van der Waals surface area contributed by atoms with E-state index in [4.69, 9.17) is 23.5 Å². The molecule has 0 fully saturated rings. The number of benzene rings is 10. The summed E-state index contributed by atoms with van der Waals surface area (Å²) in [6.45, 7) is 0. The molecule has 2 aromatic heterocycles. The van der Waals surface area contributed by atoms with Crippen molar-refractivity contribution in [3.63, 3.8) is 0 Å². The van der Waals surface area contributed by atoms with E-state index >= 15 is 0 Å². The van der Waals surface area contributed by atoms with Crippen molar-refractivity contribution in [2.75, 3.05) is 0 Å². The van der Waals surface area contributed by atoms with Crippen LogP contribution in [0, 0.1) is 0 Å². The van der Waals surface area contributed by atoms with Crippen molar-refractivity contribution in [1.82, 2.24) is 9.13 Å². The standard InChI is InChI=1S/C60H37B3N2/c61-56-54(57(62)58(63)60-55(56)50-19-10-11-22-52(50)65(60)47-34-29-43(30-35-47)40-17-8-3-9-18-40)45-31-36-53-51(37-45)49-21-12-20-48(44-25-23-41(24-26-44)38-13-4-1-5-14-38)59(49)64(53)46-32-27-42(28-33-46)39-15-6-2-7-16-39/h1-37H. The molecule has 0 saturated heterocycles. The molecule has 0 amide bonds. The molecule has 10 aromatic carbocycles. The molecule has 6 radical (unpaired) electrons. The molecule has 0 unspecified atom stereocenters. The fourth-order valence-corrected chi connectivity index (χ4v) is 9.94. The van der Waals surface area contributed by atoms with Gasteiger partial charge in [0.1, 0.15) is 23.5 Å². The maximum Gasteiger partial charge on any atom is 0.115 e. The minimum absolute atomic E-state index is 0.457. The minimum Gasteiger partial charge on any atom is -0.310 e. The second kappa shape index (κ2) is 15.7. The van der Waals surface area contributed by atoms with Crippen LogP contribution in [-0.2, 0) is 0 Å². The molecule has 0 aliphatic heterocycles. The van der Waals surface area contributed by atoms with E-state index in [-0.39, 0.29) is 0 Å². The van der Waals surface area contributed by atoms with Gasteiger partial charge in [0.25, 0.3) is 0 Å². The van der Waals surface area contributed by atoms with Crippen LogP contribution in [0.5, 0.6) is 0 Å². The summed E-state index contributed by atoms with van der Waals surface area (Å²) in [5.74, 6) is 0. The van der Waals surface area contributed by atoms with Crippen LogP contribution in [0.1, 0.15) is 0 Å². The normalized spacial score (nSPS) is 11.6. The van der Waals surface area contributed by atoms with Crippen LogP contribution in [0.25, 0.3) is 111 Å².